The number of aryl methyl sites for hydroxylation is 1. The number of rotatable bonds is 12. The summed E-state index contributed by atoms with van der Waals surface area (Å²) in [5.41, 5.74) is 3.80. The lowest BCUT2D eigenvalue weighted by atomic mass is 10.2. The predicted octanol–water partition coefficient (Wildman–Crippen LogP) is 5.49. The monoisotopic (exact) mass is 516 g/mol. The Morgan fingerprint density at radius 1 is 0.895 bits per heavy atom. The lowest BCUT2D eigenvalue weighted by Gasteiger charge is -2.12. The normalized spacial score (nSPS) is 10.5. The van der Waals surface area contributed by atoms with Crippen molar-refractivity contribution in [1.29, 1.82) is 0 Å². The van der Waals surface area contributed by atoms with Crippen molar-refractivity contribution in [3.8, 4) is 5.75 Å². The molecule has 0 aliphatic carbocycles. The molecule has 0 aliphatic rings. The van der Waals surface area contributed by atoms with E-state index < -0.39 is 5.82 Å². The lowest BCUT2D eigenvalue weighted by molar-refractivity contribution is -0.114. The molecule has 1 heterocycles. The maximum atomic E-state index is 14.5. The van der Waals surface area contributed by atoms with Gasteiger partial charge in [0.15, 0.2) is 11.6 Å². The Morgan fingerprint density at radius 2 is 1.66 bits per heavy atom. The van der Waals surface area contributed by atoms with E-state index in [9.17, 15) is 9.18 Å². The number of aromatic nitrogens is 2. The summed E-state index contributed by atoms with van der Waals surface area (Å²) in [5, 5.41) is 11.9. The number of nitrogens with one attached hydrogen (secondary N) is 4. The van der Waals surface area contributed by atoms with Crippen molar-refractivity contribution in [2.24, 2.45) is 0 Å². The molecule has 4 N–H and O–H groups in total. The summed E-state index contributed by atoms with van der Waals surface area (Å²) in [7, 11) is 1.61. The zero-order valence-corrected chi connectivity index (χ0v) is 21.1. The molecule has 4 rings (SSSR count). The van der Waals surface area contributed by atoms with Crippen LogP contribution in [0.3, 0.4) is 0 Å². The minimum Gasteiger partial charge on any atom is -0.491 e. The first-order valence-electron chi connectivity index (χ1n) is 12.0. The van der Waals surface area contributed by atoms with Gasteiger partial charge in [-0.25, -0.2) is 9.37 Å². The molecule has 10 heteroatoms. The second-order valence-electron chi connectivity index (χ2n) is 8.36. The number of anilines is 6. The van der Waals surface area contributed by atoms with E-state index in [2.05, 4.69) is 31.2 Å². The number of hydrogen-bond donors (Lipinski definition) is 4. The van der Waals surface area contributed by atoms with Gasteiger partial charge in [-0.05, 0) is 67.1 Å². The molecule has 0 unspecified atom stereocenters. The van der Waals surface area contributed by atoms with Crippen LogP contribution in [0, 0.1) is 12.7 Å². The molecule has 9 nitrogen and oxygen atoms in total. The number of hydrogen-bond acceptors (Lipinski definition) is 8. The predicted molar refractivity (Wildman–Crippen MR) is 147 cm³/mol. The average molecular weight is 517 g/mol. The van der Waals surface area contributed by atoms with Crippen molar-refractivity contribution in [2.45, 2.75) is 6.92 Å². The first-order chi connectivity index (χ1) is 18.5. The van der Waals surface area contributed by atoms with Crippen LogP contribution in [0.5, 0.6) is 5.75 Å². The van der Waals surface area contributed by atoms with Gasteiger partial charge in [0.2, 0.25) is 11.9 Å². The Bertz CT molecular complexity index is 1370. The van der Waals surface area contributed by atoms with Gasteiger partial charge in [-0.1, -0.05) is 18.2 Å². The topological polar surface area (TPSA) is 109 Å². The van der Waals surface area contributed by atoms with Gasteiger partial charge in [0, 0.05) is 29.9 Å². The fourth-order valence-electron chi connectivity index (χ4n) is 3.48. The van der Waals surface area contributed by atoms with Crippen LogP contribution in [0.4, 0.5) is 38.9 Å². The van der Waals surface area contributed by atoms with E-state index in [1.54, 1.807) is 43.5 Å². The third-order valence-electron chi connectivity index (χ3n) is 5.29. The molecule has 1 aromatic heterocycles. The molecule has 0 atom stereocenters. The van der Waals surface area contributed by atoms with E-state index in [1.807, 2.05) is 43.3 Å². The first kappa shape index (κ1) is 26.4. The van der Waals surface area contributed by atoms with Crippen LogP contribution < -0.4 is 26.0 Å². The molecule has 0 saturated heterocycles. The number of carbonyl (C=O) groups excluding carboxylic acids is 1. The molecule has 1 amide bonds. The molecule has 0 bridgehead atoms. The molecule has 38 heavy (non-hydrogen) atoms. The third kappa shape index (κ3) is 7.90. The van der Waals surface area contributed by atoms with Gasteiger partial charge in [-0.2, -0.15) is 4.98 Å². The summed E-state index contributed by atoms with van der Waals surface area (Å²) >= 11 is 0. The number of amides is 1. The maximum Gasteiger partial charge on any atom is 0.243 e. The summed E-state index contributed by atoms with van der Waals surface area (Å²) < 4.78 is 25.0. The highest BCUT2D eigenvalue weighted by Gasteiger charge is 2.10. The van der Waals surface area contributed by atoms with E-state index in [0.717, 1.165) is 17.4 Å². The van der Waals surface area contributed by atoms with Gasteiger partial charge >= 0.3 is 0 Å². The fraction of sp³-hybridized carbons (Fsp3) is 0.179. The van der Waals surface area contributed by atoms with Gasteiger partial charge in [-0.15, -0.1) is 0 Å². The van der Waals surface area contributed by atoms with Gasteiger partial charge in [0.1, 0.15) is 12.4 Å². The number of halogens is 1. The van der Waals surface area contributed by atoms with Gasteiger partial charge in [0.05, 0.1) is 19.3 Å². The standard InChI is InChI=1S/C28H29FN6O3/c1-19-5-3-6-21(15-19)30-18-26(36)32-22-7-4-8-23(16-22)33-27-25(29)17-31-28(35-27)34-20-9-11-24(12-10-20)38-14-13-37-2/h3-12,15-17,30H,13-14,18H2,1-2H3,(H,32,36)(H2,31,33,34,35). The minimum atomic E-state index is -0.616. The zero-order valence-electron chi connectivity index (χ0n) is 21.1. The molecule has 4 aromatic rings. The molecule has 0 aliphatic heterocycles. The van der Waals surface area contributed by atoms with E-state index in [1.165, 1.54) is 0 Å². The number of nitrogens with zero attached hydrogens (tertiary/aromatic N) is 2. The van der Waals surface area contributed by atoms with Crippen LogP contribution in [0.15, 0.2) is 79.0 Å². The van der Waals surface area contributed by atoms with Crippen molar-refractivity contribution < 1.29 is 18.7 Å². The second kappa shape index (κ2) is 13.0. The smallest absolute Gasteiger partial charge is 0.243 e. The summed E-state index contributed by atoms with van der Waals surface area (Å²) in [6, 6.07) is 21.9. The van der Waals surface area contributed by atoms with E-state index in [4.69, 9.17) is 9.47 Å². The Balaban J connectivity index is 1.35. The molecule has 3 aromatic carbocycles. The van der Waals surface area contributed by atoms with E-state index >= 15 is 0 Å². The molecule has 0 spiro atoms. The summed E-state index contributed by atoms with van der Waals surface area (Å²) in [5.74, 6) is 0.0841. The molecule has 0 fully saturated rings. The van der Waals surface area contributed by atoms with Crippen LogP contribution in [0.1, 0.15) is 5.56 Å². The van der Waals surface area contributed by atoms with Crippen molar-refractivity contribution in [1.82, 2.24) is 9.97 Å². The third-order valence-corrected chi connectivity index (χ3v) is 5.29. The number of methoxy groups -OCH3 is 1. The van der Waals surface area contributed by atoms with Crippen molar-refractivity contribution >= 4 is 40.4 Å². The van der Waals surface area contributed by atoms with Crippen LogP contribution in [0.2, 0.25) is 0 Å². The Kier molecular flexibility index (Phi) is 9.03. The molecule has 0 radical (unpaired) electrons. The SMILES string of the molecule is COCCOc1ccc(Nc2ncc(F)c(Nc3cccc(NC(=O)CNc4cccc(C)c4)c3)n2)cc1. The summed E-state index contributed by atoms with van der Waals surface area (Å²) in [6.45, 7) is 3.05. The van der Waals surface area contributed by atoms with Crippen molar-refractivity contribution in [3.05, 3.63) is 90.4 Å². The largest absolute Gasteiger partial charge is 0.491 e. The summed E-state index contributed by atoms with van der Waals surface area (Å²) in [4.78, 5) is 20.7. The molecule has 196 valence electrons. The van der Waals surface area contributed by atoms with Crippen LogP contribution >= 0.6 is 0 Å². The van der Waals surface area contributed by atoms with E-state index in [0.29, 0.717) is 36.0 Å². The highest BCUT2D eigenvalue weighted by molar-refractivity contribution is 5.94. The second-order valence-corrected chi connectivity index (χ2v) is 8.36. The molecular weight excluding hydrogens is 487 g/mol. The Hall–Kier alpha value is -4.70. The highest BCUT2D eigenvalue weighted by Crippen LogP contribution is 2.23. The number of benzene rings is 3. The Morgan fingerprint density at radius 3 is 2.45 bits per heavy atom. The minimum absolute atomic E-state index is 0.00777. The number of ether oxygens (including phenoxy) is 2. The fourth-order valence-corrected chi connectivity index (χ4v) is 3.48. The van der Waals surface area contributed by atoms with Gasteiger partial charge < -0.3 is 30.7 Å². The van der Waals surface area contributed by atoms with E-state index in [-0.39, 0.29) is 24.2 Å². The van der Waals surface area contributed by atoms with Crippen LogP contribution in [0.25, 0.3) is 0 Å². The molecule has 0 saturated carbocycles. The first-order valence-corrected chi connectivity index (χ1v) is 12.0. The molecular formula is C28H29FN6O3. The lowest BCUT2D eigenvalue weighted by Crippen LogP contribution is -2.21. The van der Waals surface area contributed by atoms with Crippen LogP contribution in [-0.4, -0.2) is 42.7 Å². The zero-order chi connectivity index (χ0) is 26.7. The Labute approximate surface area is 220 Å². The highest BCUT2D eigenvalue weighted by atomic mass is 19.1. The van der Waals surface area contributed by atoms with Crippen molar-refractivity contribution in [3.63, 3.8) is 0 Å². The summed E-state index contributed by atoms with van der Waals surface area (Å²) in [6.07, 6.45) is 1.09. The maximum absolute atomic E-state index is 14.5. The quantitative estimate of drug-likeness (QED) is 0.183. The number of carbonyl (C=O) groups is 1. The average Bonchev–Trinajstić information content (AvgIpc) is 2.91. The van der Waals surface area contributed by atoms with Crippen molar-refractivity contribution in [2.75, 3.05) is 48.1 Å². The van der Waals surface area contributed by atoms with Crippen LogP contribution in [-0.2, 0) is 9.53 Å². The van der Waals surface area contributed by atoms with Gasteiger partial charge in [-0.3, -0.25) is 4.79 Å². The van der Waals surface area contributed by atoms with Gasteiger partial charge in [0.25, 0.3) is 0 Å².